The predicted molar refractivity (Wildman–Crippen MR) is 74.1 cm³/mol. The van der Waals surface area contributed by atoms with E-state index in [0.717, 1.165) is 17.7 Å². The van der Waals surface area contributed by atoms with Gasteiger partial charge in [0.2, 0.25) is 0 Å². The molecule has 1 heterocycles. The lowest BCUT2D eigenvalue weighted by molar-refractivity contribution is 0.402. The van der Waals surface area contributed by atoms with E-state index in [4.69, 9.17) is 5.73 Å². The molecule has 1 aromatic carbocycles. The van der Waals surface area contributed by atoms with Gasteiger partial charge >= 0.3 is 0 Å². The highest BCUT2D eigenvalue weighted by molar-refractivity contribution is 5.32. The maximum atomic E-state index is 6.23. The molecule has 0 aliphatic carbocycles. The molecule has 2 rings (SSSR count). The number of hydrogen-bond acceptors (Lipinski definition) is 3. The second-order valence-corrected chi connectivity index (χ2v) is 4.74. The fraction of sp³-hybridized carbons (Fsp3) is 0.267. The fourth-order valence-electron chi connectivity index (χ4n) is 1.96. The molecule has 0 fully saturated rings. The van der Waals surface area contributed by atoms with Crippen LogP contribution in [0, 0.1) is 0 Å². The monoisotopic (exact) mass is 241 g/mol. The summed E-state index contributed by atoms with van der Waals surface area (Å²) in [6.45, 7) is 0.949. The zero-order valence-electron chi connectivity index (χ0n) is 10.9. The van der Waals surface area contributed by atoms with Crippen LogP contribution in [0.25, 0.3) is 0 Å². The number of pyridine rings is 1. The van der Waals surface area contributed by atoms with Crippen LogP contribution in [0.5, 0.6) is 0 Å². The van der Waals surface area contributed by atoms with Gasteiger partial charge in [-0.15, -0.1) is 0 Å². The van der Waals surface area contributed by atoms with E-state index in [1.54, 1.807) is 12.4 Å². The van der Waals surface area contributed by atoms with E-state index in [2.05, 4.69) is 48.2 Å². The van der Waals surface area contributed by atoms with Crippen molar-refractivity contribution in [2.45, 2.75) is 12.6 Å². The topological polar surface area (TPSA) is 42.1 Å². The summed E-state index contributed by atoms with van der Waals surface area (Å²) in [4.78, 5) is 6.16. The van der Waals surface area contributed by atoms with Crippen molar-refractivity contribution in [3.63, 3.8) is 0 Å². The van der Waals surface area contributed by atoms with Crippen LogP contribution < -0.4 is 5.73 Å². The van der Waals surface area contributed by atoms with Crippen molar-refractivity contribution < 1.29 is 0 Å². The number of nitrogens with two attached hydrogens (primary N) is 1. The highest BCUT2D eigenvalue weighted by Crippen LogP contribution is 2.19. The van der Waals surface area contributed by atoms with Gasteiger partial charge in [-0.3, -0.25) is 4.98 Å². The maximum absolute atomic E-state index is 6.23. The van der Waals surface area contributed by atoms with Crippen molar-refractivity contribution in [2.75, 3.05) is 14.1 Å². The normalized spacial score (nSPS) is 12.7. The zero-order chi connectivity index (χ0) is 13.0. The van der Waals surface area contributed by atoms with Gasteiger partial charge < -0.3 is 10.6 Å². The molecule has 0 saturated heterocycles. The van der Waals surface area contributed by atoms with Crippen LogP contribution in [0.4, 0.5) is 0 Å². The van der Waals surface area contributed by atoms with Gasteiger partial charge in [0.15, 0.2) is 0 Å². The molecule has 3 heteroatoms. The van der Waals surface area contributed by atoms with Crippen LogP contribution in [0.3, 0.4) is 0 Å². The summed E-state index contributed by atoms with van der Waals surface area (Å²) >= 11 is 0. The number of rotatable bonds is 4. The molecule has 94 valence electrons. The minimum Gasteiger partial charge on any atom is -0.320 e. The molecule has 0 radical (unpaired) electrons. The summed E-state index contributed by atoms with van der Waals surface area (Å²) in [5.41, 5.74) is 9.74. The van der Waals surface area contributed by atoms with Crippen molar-refractivity contribution in [3.8, 4) is 0 Å². The Morgan fingerprint density at radius 1 is 1.00 bits per heavy atom. The molecule has 0 aliphatic heterocycles. The Bertz CT molecular complexity index is 477. The second-order valence-electron chi connectivity index (χ2n) is 4.74. The van der Waals surface area contributed by atoms with Gasteiger partial charge in [0.1, 0.15) is 0 Å². The predicted octanol–water partition coefficient (Wildman–Crippen LogP) is 2.19. The standard InChI is InChI=1S/C15H19N3/c1-18(2)11-12-3-5-13(6-4-12)15(16)14-7-9-17-10-8-14/h3-10,15H,11,16H2,1-2H3/t15-/m0/s1. The third kappa shape index (κ3) is 3.15. The van der Waals surface area contributed by atoms with Gasteiger partial charge in [-0.05, 0) is 42.9 Å². The average molecular weight is 241 g/mol. The van der Waals surface area contributed by atoms with E-state index in [-0.39, 0.29) is 6.04 Å². The molecule has 0 aliphatic rings. The van der Waals surface area contributed by atoms with Crippen molar-refractivity contribution >= 4 is 0 Å². The number of nitrogens with zero attached hydrogens (tertiary/aromatic N) is 2. The number of hydrogen-bond donors (Lipinski definition) is 1. The van der Waals surface area contributed by atoms with Gasteiger partial charge in [0.25, 0.3) is 0 Å². The Labute approximate surface area is 108 Å². The third-order valence-electron chi connectivity index (χ3n) is 2.90. The van der Waals surface area contributed by atoms with E-state index in [1.807, 2.05) is 12.1 Å². The minimum absolute atomic E-state index is 0.0820. The summed E-state index contributed by atoms with van der Waals surface area (Å²) in [7, 11) is 4.13. The van der Waals surface area contributed by atoms with E-state index in [1.165, 1.54) is 5.56 Å². The Morgan fingerprint density at radius 2 is 1.56 bits per heavy atom. The molecule has 1 atom stereocenters. The first-order valence-corrected chi connectivity index (χ1v) is 6.06. The molecular weight excluding hydrogens is 222 g/mol. The number of aromatic nitrogens is 1. The molecule has 0 saturated carbocycles. The van der Waals surface area contributed by atoms with E-state index < -0.39 is 0 Å². The van der Waals surface area contributed by atoms with Crippen molar-refractivity contribution in [3.05, 3.63) is 65.5 Å². The molecule has 0 amide bonds. The van der Waals surface area contributed by atoms with Gasteiger partial charge in [0.05, 0.1) is 6.04 Å². The molecule has 0 bridgehead atoms. The maximum Gasteiger partial charge on any atom is 0.0552 e. The van der Waals surface area contributed by atoms with Crippen LogP contribution in [-0.4, -0.2) is 24.0 Å². The quantitative estimate of drug-likeness (QED) is 0.892. The van der Waals surface area contributed by atoms with E-state index >= 15 is 0 Å². The first-order chi connectivity index (χ1) is 8.66. The van der Waals surface area contributed by atoms with E-state index in [9.17, 15) is 0 Å². The third-order valence-corrected chi connectivity index (χ3v) is 2.90. The van der Waals surface area contributed by atoms with Gasteiger partial charge in [-0.2, -0.15) is 0 Å². The summed E-state index contributed by atoms with van der Waals surface area (Å²) in [5, 5.41) is 0. The summed E-state index contributed by atoms with van der Waals surface area (Å²) in [6, 6.07) is 12.3. The molecule has 0 unspecified atom stereocenters. The fourth-order valence-corrected chi connectivity index (χ4v) is 1.96. The molecule has 1 aromatic heterocycles. The van der Waals surface area contributed by atoms with Crippen LogP contribution in [0.2, 0.25) is 0 Å². The highest BCUT2D eigenvalue weighted by Gasteiger charge is 2.08. The lowest BCUT2D eigenvalue weighted by Gasteiger charge is -2.14. The largest absolute Gasteiger partial charge is 0.320 e. The van der Waals surface area contributed by atoms with Crippen molar-refractivity contribution in [1.82, 2.24) is 9.88 Å². The zero-order valence-corrected chi connectivity index (χ0v) is 10.9. The molecule has 3 nitrogen and oxygen atoms in total. The van der Waals surface area contributed by atoms with E-state index in [0.29, 0.717) is 0 Å². The van der Waals surface area contributed by atoms with Gasteiger partial charge in [0, 0.05) is 18.9 Å². The summed E-state index contributed by atoms with van der Waals surface area (Å²) in [5.74, 6) is 0. The lowest BCUT2D eigenvalue weighted by atomic mass is 9.99. The lowest BCUT2D eigenvalue weighted by Crippen LogP contribution is -2.13. The molecule has 2 N–H and O–H groups in total. The Hall–Kier alpha value is -1.71. The van der Waals surface area contributed by atoms with Crippen LogP contribution in [0.1, 0.15) is 22.7 Å². The molecule has 2 aromatic rings. The Kier molecular flexibility index (Phi) is 4.07. The van der Waals surface area contributed by atoms with Crippen LogP contribution in [-0.2, 0) is 6.54 Å². The van der Waals surface area contributed by atoms with Crippen molar-refractivity contribution in [2.24, 2.45) is 5.73 Å². The SMILES string of the molecule is CN(C)Cc1ccc([C@H](N)c2ccncc2)cc1. The molecule has 18 heavy (non-hydrogen) atoms. The van der Waals surface area contributed by atoms with Crippen LogP contribution >= 0.6 is 0 Å². The first-order valence-electron chi connectivity index (χ1n) is 6.06. The molecular formula is C15H19N3. The molecule has 0 spiro atoms. The van der Waals surface area contributed by atoms with Gasteiger partial charge in [-0.25, -0.2) is 0 Å². The minimum atomic E-state index is -0.0820. The van der Waals surface area contributed by atoms with Crippen molar-refractivity contribution in [1.29, 1.82) is 0 Å². The Morgan fingerprint density at radius 3 is 2.11 bits per heavy atom. The van der Waals surface area contributed by atoms with Gasteiger partial charge in [-0.1, -0.05) is 24.3 Å². The summed E-state index contributed by atoms with van der Waals surface area (Å²) < 4.78 is 0. The Balaban J connectivity index is 2.14. The highest BCUT2D eigenvalue weighted by atomic mass is 15.0. The smallest absolute Gasteiger partial charge is 0.0552 e. The summed E-state index contributed by atoms with van der Waals surface area (Å²) in [6.07, 6.45) is 3.55. The second kappa shape index (κ2) is 5.76. The first kappa shape index (κ1) is 12.7. The average Bonchev–Trinajstić information content (AvgIpc) is 2.39. The number of benzene rings is 1. The van der Waals surface area contributed by atoms with Crippen LogP contribution in [0.15, 0.2) is 48.8 Å².